The van der Waals surface area contributed by atoms with Gasteiger partial charge in [-0.05, 0) is 34.1 Å². The zero-order chi connectivity index (χ0) is 11.0. The molecule has 0 spiro atoms. The number of aromatic nitrogens is 4. The summed E-state index contributed by atoms with van der Waals surface area (Å²) in [6.45, 7) is 0. The second-order valence-electron chi connectivity index (χ2n) is 3.35. The highest BCUT2D eigenvalue weighted by Crippen LogP contribution is 2.17. The molecule has 0 bridgehead atoms. The number of fused-ring (bicyclic) bond motifs is 1. The average Bonchev–Trinajstić information content (AvgIpc) is 2.73. The molecule has 3 rings (SSSR count). The van der Waals surface area contributed by atoms with Crippen molar-refractivity contribution in [2.24, 2.45) is 0 Å². The summed E-state index contributed by atoms with van der Waals surface area (Å²) in [6, 6.07) is 5.82. The van der Waals surface area contributed by atoms with Gasteiger partial charge in [-0.2, -0.15) is 0 Å². The van der Waals surface area contributed by atoms with Crippen LogP contribution in [0.25, 0.3) is 16.7 Å². The molecule has 3 aromatic heterocycles. The van der Waals surface area contributed by atoms with Gasteiger partial charge in [0, 0.05) is 28.4 Å². The fraction of sp³-hybridized carbons (Fsp3) is 0. The average molecular weight is 275 g/mol. The van der Waals surface area contributed by atoms with Gasteiger partial charge in [0.05, 0.1) is 11.9 Å². The number of rotatable bonds is 1. The van der Waals surface area contributed by atoms with Gasteiger partial charge in [-0.3, -0.25) is 4.98 Å². The van der Waals surface area contributed by atoms with Gasteiger partial charge in [0.15, 0.2) is 5.65 Å². The number of nitrogens with zero attached hydrogens (tertiary/aromatic N) is 4. The molecule has 78 valence electrons. The van der Waals surface area contributed by atoms with Crippen molar-refractivity contribution >= 4 is 27.0 Å². The fourth-order valence-corrected chi connectivity index (χ4v) is 1.86. The van der Waals surface area contributed by atoms with E-state index in [9.17, 15) is 0 Å². The Bertz CT molecular complexity index is 633. The van der Waals surface area contributed by atoms with Gasteiger partial charge in [-0.1, -0.05) is 0 Å². The van der Waals surface area contributed by atoms with E-state index in [1.165, 1.54) is 0 Å². The van der Waals surface area contributed by atoms with Crippen LogP contribution in [0.3, 0.4) is 0 Å². The van der Waals surface area contributed by atoms with E-state index in [4.69, 9.17) is 0 Å². The van der Waals surface area contributed by atoms with Crippen molar-refractivity contribution < 1.29 is 0 Å². The lowest BCUT2D eigenvalue weighted by molar-refractivity contribution is 0.883. The van der Waals surface area contributed by atoms with E-state index in [1.807, 2.05) is 24.4 Å². The maximum absolute atomic E-state index is 4.37. The molecule has 16 heavy (non-hydrogen) atoms. The van der Waals surface area contributed by atoms with E-state index in [2.05, 4.69) is 31.0 Å². The molecule has 0 N–H and O–H groups in total. The second-order valence-corrected chi connectivity index (χ2v) is 4.27. The molecule has 0 radical (unpaired) electrons. The van der Waals surface area contributed by atoms with Crippen LogP contribution in [0.1, 0.15) is 0 Å². The molecule has 0 saturated carbocycles. The Kier molecular flexibility index (Phi) is 2.18. The molecule has 3 heterocycles. The third-order valence-electron chi connectivity index (χ3n) is 2.24. The third-order valence-corrected chi connectivity index (χ3v) is 2.67. The zero-order valence-corrected chi connectivity index (χ0v) is 9.79. The number of pyridine rings is 2. The summed E-state index contributed by atoms with van der Waals surface area (Å²) >= 11 is 3.39. The third kappa shape index (κ3) is 1.59. The molecule has 3 aromatic rings. The van der Waals surface area contributed by atoms with Crippen molar-refractivity contribution in [2.75, 3.05) is 0 Å². The molecule has 0 fully saturated rings. The quantitative estimate of drug-likeness (QED) is 0.685. The summed E-state index contributed by atoms with van der Waals surface area (Å²) < 4.78 is 2.72. The second kappa shape index (κ2) is 3.68. The monoisotopic (exact) mass is 274 g/mol. The molecule has 0 aliphatic heterocycles. The maximum Gasteiger partial charge on any atom is 0.181 e. The molecule has 0 aromatic carbocycles. The smallest absolute Gasteiger partial charge is 0.181 e. The van der Waals surface area contributed by atoms with Crippen LogP contribution in [0, 0.1) is 0 Å². The first-order valence-electron chi connectivity index (χ1n) is 4.74. The standard InChI is InChI=1S/C11H7BrN4/c12-9-4-8-7-16(15-11(8)14-5-9)10-2-1-3-13-6-10/h1-7H. The Balaban J connectivity index is 2.19. The minimum absolute atomic E-state index is 0.729. The molecule has 0 amide bonds. The first kappa shape index (κ1) is 9.47. The predicted octanol–water partition coefficient (Wildman–Crippen LogP) is 2.58. The minimum Gasteiger partial charge on any atom is -0.262 e. The lowest BCUT2D eigenvalue weighted by Crippen LogP contribution is -1.94. The summed E-state index contributed by atoms with van der Waals surface area (Å²) in [7, 11) is 0. The van der Waals surface area contributed by atoms with Crippen LogP contribution in [0.4, 0.5) is 0 Å². The summed E-state index contributed by atoms with van der Waals surface area (Å²) in [5.41, 5.74) is 1.66. The molecular formula is C11H7BrN4. The molecule has 0 saturated heterocycles. The van der Waals surface area contributed by atoms with Crippen LogP contribution in [0.5, 0.6) is 0 Å². The van der Waals surface area contributed by atoms with E-state index in [0.717, 1.165) is 21.2 Å². The highest BCUT2D eigenvalue weighted by molar-refractivity contribution is 9.10. The molecule has 0 aliphatic carbocycles. The lowest BCUT2D eigenvalue weighted by atomic mass is 10.3. The van der Waals surface area contributed by atoms with E-state index in [0.29, 0.717) is 0 Å². The van der Waals surface area contributed by atoms with Gasteiger partial charge < -0.3 is 0 Å². The topological polar surface area (TPSA) is 43.6 Å². The first-order valence-corrected chi connectivity index (χ1v) is 5.53. The number of hydrogen-bond donors (Lipinski definition) is 0. The SMILES string of the molecule is Brc1cnc2nn(-c3cccnc3)cc2c1. The van der Waals surface area contributed by atoms with E-state index >= 15 is 0 Å². The summed E-state index contributed by atoms with van der Waals surface area (Å²) in [4.78, 5) is 8.29. The highest BCUT2D eigenvalue weighted by atomic mass is 79.9. The van der Waals surface area contributed by atoms with Crippen molar-refractivity contribution in [3.05, 3.63) is 47.5 Å². The largest absolute Gasteiger partial charge is 0.262 e. The van der Waals surface area contributed by atoms with E-state index in [1.54, 1.807) is 23.3 Å². The Hall–Kier alpha value is -1.75. The van der Waals surface area contributed by atoms with Crippen LogP contribution < -0.4 is 0 Å². The van der Waals surface area contributed by atoms with Crippen molar-refractivity contribution in [1.82, 2.24) is 19.7 Å². The Morgan fingerprint density at radius 1 is 1.25 bits per heavy atom. The highest BCUT2D eigenvalue weighted by Gasteiger charge is 2.03. The zero-order valence-electron chi connectivity index (χ0n) is 8.21. The number of halogens is 1. The molecule has 4 nitrogen and oxygen atoms in total. The minimum atomic E-state index is 0.729. The molecule has 0 atom stereocenters. The predicted molar refractivity (Wildman–Crippen MR) is 64.4 cm³/mol. The van der Waals surface area contributed by atoms with Crippen LogP contribution in [0.2, 0.25) is 0 Å². The molecule has 5 heteroatoms. The Labute approximate surface area is 100 Å². The van der Waals surface area contributed by atoms with Gasteiger partial charge in [0.2, 0.25) is 0 Å². The maximum atomic E-state index is 4.37. The van der Waals surface area contributed by atoms with Crippen molar-refractivity contribution in [2.45, 2.75) is 0 Å². The summed E-state index contributed by atoms with van der Waals surface area (Å²) in [5.74, 6) is 0. The molecule has 0 aliphatic rings. The van der Waals surface area contributed by atoms with Gasteiger partial charge in [0.25, 0.3) is 0 Å². The lowest BCUT2D eigenvalue weighted by Gasteiger charge is -1.97. The molecular weight excluding hydrogens is 268 g/mol. The van der Waals surface area contributed by atoms with Gasteiger partial charge in [-0.25, -0.2) is 9.67 Å². The van der Waals surface area contributed by atoms with Crippen LogP contribution in [-0.2, 0) is 0 Å². The first-order chi connectivity index (χ1) is 7.83. The molecule has 0 unspecified atom stereocenters. The van der Waals surface area contributed by atoms with E-state index < -0.39 is 0 Å². The van der Waals surface area contributed by atoms with Crippen molar-refractivity contribution in [3.63, 3.8) is 0 Å². The summed E-state index contributed by atoms with van der Waals surface area (Å²) in [6.07, 6.45) is 7.18. The van der Waals surface area contributed by atoms with Crippen LogP contribution in [-0.4, -0.2) is 19.7 Å². The van der Waals surface area contributed by atoms with Gasteiger partial charge in [-0.15, -0.1) is 5.10 Å². The van der Waals surface area contributed by atoms with Gasteiger partial charge >= 0.3 is 0 Å². The van der Waals surface area contributed by atoms with Crippen LogP contribution in [0.15, 0.2) is 47.5 Å². The van der Waals surface area contributed by atoms with Crippen molar-refractivity contribution in [3.8, 4) is 5.69 Å². The fourth-order valence-electron chi connectivity index (χ4n) is 1.51. The Morgan fingerprint density at radius 3 is 3.00 bits per heavy atom. The Morgan fingerprint density at radius 2 is 2.19 bits per heavy atom. The van der Waals surface area contributed by atoms with E-state index in [-0.39, 0.29) is 0 Å². The van der Waals surface area contributed by atoms with Crippen molar-refractivity contribution in [1.29, 1.82) is 0 Å². The number of hydrogen-bond acceptors (Lipinski definition) is 3. The van der Waals surface area contributed by atoms with Crippen LogP contribution >= 0.6 is 15.9 Å². The summed E-state index contributed by atoms with van der Waals surface area (Å²) in [5, 5.41) is 5.37. The van der Waals surface area contributed by atoms with Gasteiger partial charge in [0.1, 0.15) is 0 Å². The normalized spacial score (nSPS) is 10.8.